The molecule has 1 aliphatic carbocycles. The monoisotopic (exact) mass is 233 g/mol. The average molecular weight is 233 g/mol. The van der Waals surface area contributed by atoms with Gasteiger partial charge < -0.3 is 5.73 Å². The molecular formula is C11H23NO2S. The molecule has 1 rings (SSSR count). The zero-order valence-electron chi connectivity index (χ0n) is 9.61. The molecule has 1 unspecified atom stereocenters. The van der Waals surface area contributed by atoms with E-state index in [0.29, 0.717) is 23.8 Å². The molecule has 1 atom stereocenters. The summed E-state index contributed by atoms with van der Waals surface area (Å²) >= 11 is 0. The fourth-order valence-electron chi connectivity index (χ4n) is 2.24. The van der Waals surface area contributed by atoms with Crippen molar-refractivity contribution in [3.05, 3.63) is 0 Å². The highest BCUT2D eigenvalue weighted by Gasteiger charge is 2.22. The van der Waals surface area contributed by atoms with Crippen LogP contribution in [0.25, 0.3) is 0 Å². The number of nitrogens with two attached hydrogens (primary N) is 1. The SMILES string of the molecule is CC(N)CCCS(=O)(=O)CC1CCCC1. The maximum atomic E-state index is 11.7. The molecule has 0 spiro atoms. The van der Waals surface area contributed by atoms with Crippen molar-refractivity contribution in [1.82, 2.24) is 0 Å². The minimum absolute atomic E-state index is 0.117. The van der Waals surface area contributed by atoms with Gasteiger partial charge in [-0.05, 0) is 38.5 Å². The third-order valence-corrected chi connectivity index (χ3v) is 4.97. The van der Waals surface area contributed by atoms with Crippen LogP contribution < -0.4 is 5.73 Å². The van der Waals surface area contributed by atoms with E-state index in [4.69, 9.17) is 5.73 Å². The van der Waals surface area contributed by atoms with Gasteiger partial charge in [-0.2, -0.15) is 0 Å². The van der Waals surface area contributed by atoms with E-state index in [9.17, 15) is 8.42 Å². The Balaban J connectivity index is 2.25. The molecule has 0 radical (unpaired) electrons. The van der Waals surface area contributed by atoms with E-state index in [1.807, 2.05) is 6.92 Å². The van der Waals surface area contributed by atoms with Crippen molar-refractivity contribution in [2.45, 2.75) is 51.5 Å². The van der Waals surface area contributed by atoms with Gasteiger partial charge in [0, 0.05) is 6.04 Å². The van der Waals surface area contributed by atoms with Crippen molar-refractivity contribution in [2.24, 2.45) is 11.7 Å². The molecule has 2 N–H and O–H groups in total. The van der Waals surface area contributed by atoms with Crippen LogP contribution >= 0.6 is 0 Å². The Bertz CT molecular complexity index is 266. The number of rotatable bonds is 6. The highest BCUT2D eigenvalue weighted by atomic mass is 32.2. The van der Waals surface area contributed by atoms with E-state index in [1.165, 1.54) is 12.8 Å². The normalized spacial score (nSPS) is 20.7. The van der Waals surface area contributed by atoms with E-state index in [0.717, 1.165) is 19.3 Å². The maximum Gasteiger partial charge on any atom is 0.150 e. The lowest BCUT2D eigenvalue weighted by Crippen LogP contribution is -2.20. The van der Waals surface area contributed by atoms with Crippen molar-refractivity contribution in [2.75, 3.05) is 11.5 Å². The van der Waals surface area contributed by atoms with Gasteiger partial charge in [-0.15, -0.1) is 0 Å². The van der Waals surface area contributed by atoms with Crippen LogP contribution in [0.4, 0.5) is 0 Å². The molecule has 0 aliphatic heterocycles. The molecule has 1 fully saturated rings. The molecule has 3 nitrogen and oxygen atoms in total. The summed E-state index contributed by atoms with van der Waals surface area (Å²) < 4.78 is 23.5. The summed E-state index contributed by atoms with van der Waals surface area (Å²) in [6, 6.07) is 0.117. The largest absolute Gasteiger partial charge is 0.328 e. The third kappa shape index (κ3) is 5.52. The molecule has 0 aromatic rings. The van der Waals surface area contributed by atoms with Gasteiger partial charge >= 0.3 is 0 Å². The molecule has 90 valence electrons. The lowest BCUT2D eigenvalue weighted by Gasteiger charge is -2.10. The van der Waals surface area contributed by atoms with Crippen molar-refractivity contribution in [1.29, 1.82) is 0 Å². The minimum Gasteiger partial charge on any atom is -0.328 e. The van der Waals surface area contributed by atoms with Crippen LogP contribution in [0.5, 0.6) is 0 Å². The summed E-state index contributed by atoms with van der Waals surface area (Å²) in [7, 11) is -2.82. The van der Waals surface area contributed by atoms with Crippen LogP contribution in [0.2, 0.25) is 0 Å². The summed E-state index contributed by atoms with van der Waals surface area (Å²) in [6.07, 6.45) is 6.15. The van der Waals surface area contributed by atoms with Crippen molar-refractivity contribution in [3.63, 3.8) is 0 Å². The highest BCUT2D eigenvalue weighted by Crippen LogP contribution is 2.26. The molecular weight excluding hydrogens is 210 g/mol. The molecule has 0 saturated heterocycles. The molecule has 4 heteroatoms. The van der Waals surface area contributed by atoms with Crippen molar-refractivity contribution in [3.8, 4) is 0 Å². The van der Waals surface area contributed by atoms with Crippen LogP contribution in [0.15, 0.2) is 0 Å². The summed E-state index contributed by atoms with van der Waals surface area (Å²) in [5.74, 6) is 1.17. The first kappa shape index (κ1) is 13.0. The second kappa shape index (κ2) is 5.85. The molecule has 0 aromatic heterocycles. The zero-order chi connectivity index (χ0) is 11.3. The second-order valence-electron chi connectivity index (χ2n) is 4.88. The average Bonchev–Trinajstić information content (AvgIpc) is 2.54. The zero-order valence-corrected chi connectivity index (χ0v) is 10.4. The molecule has 0 heterocycles. The van der Waals surface area contributed by atoms with E-state index >= 15 is 0 Å². The highest BCUT2D eigenvalue weighted by molar-refractivity contribution is 7.91. The van der Waals surface area contributed by atoms with Crippen molar-refractivity contribution < 1.29 is 8.42 Å². The van der Waals surface area contributed by atoms with Crippen LogP contribution in [0.3, 0.4) is 0 Å². The fraction of sp³-hybridized carbons (Fsp3) is 1.00. The first-order valence-electron chi connectivity index (χ1n) is 5.95. The first-order valence-corrected chi connectivity index (χ1v) is 7.78. The topological polar surface area (TPSA) is 60.2 Å². The summed E-state index contributed by atoms with van der Waals surface area (Å²) in [6.45, 7) is 1.92. The van der Waals surface area contributed by atoms with Gasteiger partial charge in [-0.25, -0.2) is 8.42 Å². The van der Waals surface area contributed by atoms with Crippen LogP contribution in [0, 0.1) is 5.92 Å². The van der Waals surface area contributed by atoms with Gasteiger partial charge in [0.25, 0.3) is 0 Å². The van der Waals surface area contributed by atoms with E-state index < -0.39 is 9.84 Å². The minimum atomic E-state index is -2.82. The predicted octanol–water partition coefficient (Wildman–Crippen LogP) is 1.72. The number of hydrogen-bond acceptors (Lipinski definition) is 3. The molecule has 15 heavy (non-hydrogen) atoms. The first-order chi connectivity index (χ1) is 6.99. The Hall–Kier alpha value is -0.0900. The van der Waals surface area contributed by atoms with Crippen LogP contribution in [-0.4, -0.2) is 26.0 Å². The Kier molecular flexibility index (Phi) is 5.06. The smallest absolute Gasteiger partial charge is 0.150 e. The molecule has 1 aliphatic rings. The van der Waals surface area contributed by atoms with E-state index in [-0.39, 0.29) is 6.04 Å². The van der Waals surface area contributed by atoms with Crippen LogP contribution in [0.1, 0.15) is 45.4 Å². The summed E-state index contributed by atoms with van der Waals surface area (Å²) in [5.41, 5.74) is 5.59. The van der Waals surface area contributed by atoms with Crippen molar-refractivity contribution >= 4 is 9.84 Å². The Morgan fingerprint density at radius 2 is 1.93 bits per heavy atom. The summed E-state index contributed by atoms with van der Waals surface area (Å²) in [4.78, 5) is 0. The van der Waals surface area contributed by atoms with Gasteiger partial charge in [0.1, 0.15) is 0 Å². The number of hydrogen-bond donors (Lipinski definition) is 1. The lowest BCUT2D eigenvalue weighted by molar-refractivity contribution is 0.553. The van der Waals surface area contributed by atoms with E-state index in [1.54, 1.807) is 0 Å². The Morgan fingerprint density at radius 1 is 1.33 bits per heavy atom. The van der Waals surface area contributed by atoms with Gasteiger partial charge in [-0.1, -0.05) is 12.8 Å². The van der Waals surface area contributed by atoms with Gasteiger partial charge in [0.2, 0.25) is 0 Å². The van der Waals surface area contributed by atoms with Crippen LogP contribution in [-0.2, 0) is 9.84 Å². The Morgan fingerprint density at radius 3 is 2.47 bits per heavy atom. The molecule has 0 bridgehead atoms. The summed E-state index contributed by atoms with van der Waals surface area (Å²) in [5, 5.41) is 0. The fourth-order valence-corrected chi connectivity index (χ4v) is 4.07. The standard InChI is InChI=1S/C11H23NO2S/c1-10(12)5-4-8-15(13,14)9-11-6-2-3-7-11/h10-11H,2-9,12H2,1H3. The van der Waals surface area contributed by atoms with Gasteiger partial charge in [0.15, 0.2) is 9.84 Å². The lowest BCUT2D eigenvalue weighted by atomic mass is 10.1. The number of sulfone groups is 1. The third-order valence-electron chi connectivity index (χ3n) is 3.08. The van der Waals surface area contributed by atoms with Gasteiger partial charge in [0.05, 0.1) is 11.5 Å². The molecule has 1 saturated carbocycles. The second-order valence-corrected chi connectivity index (χ2v) is 7.11. The predicted molar refractivity (Wildman–Crippen MR) is 63.5 cm³/mol. The quantitative estimate of drug-likeness (QED) is 0.760. The van der Waals surface area contributed by atoms with E-state index in [2.05, 4.69) is 0 Å². The Labute approximate surface area is 93.3 Å². The molecule has 0 aromatic carbocycles. The van der Waals surface area contributed by atoms with Gasteiger partial charge in [-0.3, -0.25) is 0 Å². The molecule has 0 amide bonds. The maximum absolute atomic E-state index is 11.7.